The molecule has 3 aromatic rings. The Kier molecular flexibility index (Phi) is 4.52. The van der Waals surface area contributed by atoms with Crippen molar-refractivity contribution in [2.75, 3.05) is 11.6 Å². The van der Waals surface area contributed by atoms with E-state index in [0.29, 0.717) is 0 Å². The molecule has 7 heteroatoms. The second-order valence-electron chi connectivity index (χ2n) is 4.13. The highest BCUT2D eigenvalue weighted by Gasteiger charge is 2.05. The molecule has 4 nitrogen and oxygen atoms in total. The van der Waals surface area contributed by atoms with Gasteiger partial charge in [0.05, 0.1) is 23.8 Å². The predicted molar refractivity (Wildman–Crippen MR) is 92.3 cm³/mol. The highest BCUT2D eigenvalue weighted by atomic mass is 79.9. The molecule has 0 atom stereocenters. The van der Waals surface area contributed by atoms with Gasteiger partial charge in [-0.3, -0.25) is 0 Å². The summed E-state index contributed by atoms with van der Waals surface area (Å²) >= 11 is 6.51. The summed E-state index contributed by atoms with van der Waals surface area (Å²) in [4.78, 5) is 13.0. The number of aromatic nitrogens is 3. The van der Waals surface area contributed by atoms with E-state index in [-0.39, 0.29) is 0 Å². The molecule has 106 valence electrons. The smallest absolute Gasteiger partial charge is 0.187 e. The van der Waals surface area contributed by atoms with Crippen molar-refractivity contribution in [2.45, 2.75) is 5.16 Å². The van der Waals surface area contributed by atoms with Gasteiger partial charge in [-0.2, -0.15) is 0 Å². The van der Waals surface area contributed by atoms with Gasteiger partial charge in [-0.15, -0.1) is 11.3 Å². The van der Waals surface area contributed by atoms with Crippen molar-refractivity contribution in [1.82, 2.24) is 15.0 Å². The Bertz CT molecular complexity index is 725. The molecule has 0 amide bonds. The van der Waals surface area contributed by atoms with E-state index in [1.165, 1.54) is 11.8 Å². The zero-order valence-corrected chi connectivity index (χ0v) is 14.3. The van der Waals surface area contributed by atoms with E-state index in [0.717, 1.165) is 31.7 Å². The largest absolute Gasteiger partial charge is 0.329 e. The minimum Gasteiger partial charge on any atom is -0.329 e. The third-order valence-corrected chi connectivity index (χ3v) is 4.57. The monoisotopic (exact) mass is 378 g/mol. The standard InChI is InChI=1S/C14H11BrN4S2/c1-20-13-16-6-11(7-17-13)18-14-19-12(8-21-14)9-2-4-10(15)5-3-9/h2-8H,1H3,(H,18,19). The summed E-state index contributed by atoms with van der Waals surface area (Å²) in [5, 5.41) is 6.84. The summed E-state index contributed by atoms with van der Waals surface area (Å²) < 4.78 is 1.06. The van der Waals surface area contributed by atoms with Gasteiger partial charge in [0.2, 0.25) is 0 Å². The molecule has 0 unspecified atom stereocenters. The highest BCUT2D eigenvalue weighted by Crippen LogP contribution is 2.27. The molecule has 0 aliphatic heterocycles. The molecule has 2 aromatic heterocycles. The highest BCUT2D eigenvalue weighted by molar-refractivity contribution is 9.10. The van der Waals surface area contributed by atoms with Crippen LogP contribution >= 0.6 is 39.0 Å². The van der Waals surface area contributed by atoms with E-state index in [1.807, 2.05) is 35.9 Å². The van der Waals surface area contributed by atoms with Crippen molar-refractivity contribution >= 4 is 49.8 Å². The van der Waals surface area contributed by atoms with Crippen LogP contribution in [0.4, 0.5) is 10.8 Å². The van der Waals surface area contributed by atoms with Crippen LogP contribution in [-0.4, -0.2) is 21.2 Å². The summed E-state index contributed by atoms with van der Waals surface area (Å²) in [5.41, 5.74) is 2.89. The van der Waals surface area contributed by atoms with Crippen molar-refractivity contribution in [3.8, 4) is 11.3 Å². The van der Waals surface area contributed by atoms with Crippen molar-refractivity contribution in [3.05, 3.63) is 46.5 Å². The molecule has 1 N–H and O–H groups in total. The lowest BCUT2D eigenvalue weighted by molar-refractivity contribution is 0.972. The first-order valence-electron chi connectivity index (χ1n) is 6.09. The van der Waals surface area contributed by atoms with E-state index >= 15 is 0 Å². The maximum atomic E-state index is 4.58. The molecule has 0 spiro atoms. The van der Waals surface area contributed by atoms with Gasteiger partial charge in [-0.1, -0.05) is 39.8 Å². The van der Waals surface area contributed by atoms with E-state index in [9.17, 15) is 0 Å². The van der Waals surface area contributed by atoms with Crippen LogP contribution < -0.4 is 5.32 Å². The SMILES string of the molecule is CSc1ncc(Nc2nc(-c3ccc(Br)cc3)cs2)cn1. The van der Waals surface area contributed by atoms with Crippen LogP contribution in [0.25, 0.3) is 11.3 Å². The molecule has 0 fully saturated rings. The number of anilines is 2. The number of rotatable bonds is 4. The molecule has 0 radical (unpaired) electrons. The molecular weight excluding hydrogens is 368 g/mol. The molecule has 0 aliphatic rings. The Morgan fingerprint density at radius 2 is 1.86 bits per heavy atom. The first-order valence-corrected chi connectivity index (χ1v) is 8.99. The fourth-order valence-electron chi connectivity index (χ4n) is 1.69. The Hall–Kier alpha value is -1.44. The van der Waals surface area contributed by atoms with Gasteiger partial charge in [-0.05, 0) is 18.4 Å². The minimum atomic E-state index is 0.759. The predicted octanol–water partition coefficient (Wildman–Crippen LogP) is 4.83. The molecule has 0 saturated heterocycles. The minimum absolute atomic E-state index is 0.759. The summed E-state index contributed by atoms with van der Waals surface area (Å²) in [5.74, 6) is 0. The van der Waals surface area contributed by atoms with Crippen molar-refractivity contribution in [3.63, 3.8) is 0 Å². The van der Waals surface area contributed by atoms with E-state index < -0.39 is 0 Å². The lowest BCUT2D eigenvalue weighted by Crippen LogP contribution is -1.93. The normalized spacial score (nSPS) is 10.6. The average Bonchev–Trinajstić information content (AvgIpc) is 2.97. The zero-order chi connectivity index (χ0) is 14.7. The Balaban J connectivity index is 1.76. The molecule has 0 bridgehead atoms. The third-order valence-electron chi connectivity index (χ3n) is 2.71. The van der Waals surface area contributed by atoms with Crippen LogP contribution in [0.15, 0.2) is 51.7 Å². The number of nitrogens with zero attached hydrogens (tertiary/aromatic N) is 3. The molecule has 1 aromatic carbocycles. The number of nitrogens with one attached hydrogen (secondary N) is 1. The van der Waals surface area contributed by atoms with Gasteiger partial charge in [0.25, 0.3) is 0 Å². The number of benzene rings is 1. The lowest BCUT2D eigenvalue weighted by atomic mass is 10.2. The van der Waals surface area contributed by atoms with Gasteiger partial charge in [0, 0.05) is 15.4 Å². The molecule has 3 rings (SSSR count). The molecule has 0 saturated carbocycles. The van der Waals surface area contributed by atoms with Crippen LogP contribution in [-0.2, 0) is 0 Å². The summed E-state index contributed by atoms with van der Waals surface area (Å²) in [7, 11) is 0. The fourth-order valence-corrected chi connectivity index (χ4v) is 3.01. The fraction of sp³-hybridized carbons (Fsp3) is 0.0714. The van der Waals surface area contributed by atoms with E-state index in [2.05, 4.69) is 36.2 Å². The molecular formula is C14H11BrN4S2. The summed E-state index contributed by atoms with van der Waals surface area (Å²) in [6.45, 7) is 0. The number of hydrogen-bond donors (Lipinski definition) is 1. The number of thioether (sulfide) groups is 1. The van der Waals surface area contributed by atoms with Gasteiger partial charge in [0.15, 0.2) is 10.3 Å². The van der Waals surface area contributed by atoms with Crippen LogP contribution in [0.2, 0.25) is 0 Å². The van der Waals surface area contributed by atoms with Crippen LogP contribution in [0.3, 0.4) is 0 Å². The van der Waals surface area contributed by atoms with Gasteiger partial charge >= 0.3 is 0 Å². The Morgan fingerprint density at radius 1 is 1.14 bits per heavy atom. The molecule has 2 heterocycles. The molecule has 0 aliphatic carbocycles. The third kappa shape index (κ3) is 3.61. The summed E-state index contributed by atoms with van der Waals surface area (Å²) in [6, 6.07) is 8.10. The lowest BCUT2D eigenvalue weighted by Gasteiger charge is -2.01. The topological polar surface area (TPSA) is 50.7 Å². The van der Waals surface area contributed by atoms with Crippen LogP contribution in [0, 0.1) is 0 Å². The second-order valence-corrected chi connectivity index (χ2v) is 6.68. The Morgan fingerprint density at radius 3 is 2.52 bits per heavy atom. The zero-order valence-electron chi connectivity index (χ0n) is 11.1. The van der Waals surface area contributed by atoms with Crippen molar-refractivity contribution < 1.29 is 0 Å². The van der Waals surface area contributed by atoms with Crippen LogP contribution in [0.1, 0.15) is 0 Å². The van der Waals surface area contributed by atoms with Crippen LogP contribution in [0.5, 0.6) is 0 Å². The number of halogens is 1. The summed E-state index contributed by atoms with van der Waals surface area (Å²) in [6.07, 6.45) is 5.48. The number of hydrogen-bond acceptors (Lipinski definition) is 6. The maximum Gasteiger partial charge on any atom is 0.187 e. The van der Waals surface area contributed by atoms with Gasteiger partial charge in [0.1, 0.15) is 0 Å². The van der Waals surface area contributed by atoms with E-state index in [4.69, 9.17) is 0 Å². The quantitative estimate of drug-likeness (QED) is 0.520. The Labute approximate surface area is 139 Å². The second kappa shape index (κ2) is 6.55. The maximum absolute atomic E-state index is 4.58. The van der Waals surface area contributed by atoms with Crippen molar-refractivity contribution in [1.29, 1.82) is 0 Å². The molecule has 21 heavy (non-hydrogen) atoms. The first kappa shape index (κ1) is 14.5. The van der Waals surface area contributed by atoms with Gasteiger partial charge in [-0.25, -0.2) is 15.0 Å². The van der Waals surface area contributed by atoms with E-state index in [1.54, 1.807) is 23.7 Å². The van der Waals surface area contributed by atoms with Gasteiger partial charge < -0.3 is 5.32 Å². The van der Waals surface area contributed by atoms with Crippen molar-refractivity contribution in [2.24, 2.45) is 0 Å². The number of thiazole rings is 1. The average molecular weight is 379 g/mol. The first-order chi connectivity index (χ1) is 10.2.